The summed E-state index contributed by atoms with van der Waals surface area (Å²) in [6, 6.07) is 8.33. The average molecular weight is 334 g/mol. The van der Waals surface area contributed by atoms with Crippen molar-refractivity contribution in [1.82, 2.24) is 0 Å². The molecule has 0 spiro atoms. The molecular formula is C17H16F2N2O3. The Hall–Kier alpha value is -2.96. The minimum absolute atomic E-state index is 0.277. The number of amides is 1. The molecule has 2 aromatic carbocycles. The minimum Gasteiger partial charge on any atom is -0.465 e. The Balaban J connectivity index is 2.10. The molecule has 1 amide bonds. The van der Waals surface area contributed by atoms with E-state index >= 15 is 0 Å². The molecule has 0 aliphatic carbocycles. The first kappa shape index (κ1) is 17.4. The standard InChI is InChI=1S/C17H16F2N2O3/c1-10-5-3-8-13(15(10)17(23)24-2)20-9-14(22)21-16-11(18)6-4-7-12(16)19/h3-8,20H,9H2,1-2H3,(H,21,22). The molecule has 0 saturated carbocycles. The summed E-state index contributed by atoms with van der Waals surface area (Å²) in [5.41, 5.74) is 0.852. The molecule has 0 atom stereocenters. The monoisotopic (exact) mass is 334 g/mol. The summed E-state index contributed by atoms with van der Waals surface area (Å²) >= 11 is 0. The highest BCUT2D eigenvalue weighted by atomic mass is 19.1. The van der Waals surface area contributed by atoms with E-state index in [9.17, 15) is 18.4 Å². The number of halogens is 2. The SMILES string of the molecule is COC(=O)c1c(C)cccc1NCC(=O)Nc1c(F)cccc1F. The van der Waals surface area contributed by atoms with Gasteiger partial charge in [0.2, 0.25) is 5.91 Å². The van der Waals surface area contributed by atoms with Crippen LogP contribution >= 0.6 is 0 Å². The van der Waals surface area contributed by atoms with E-state index in [-0.39, 0.29) is 6.54 Å². The summed E-state index contributed by atoms with van der Waals surface area (Å²) < 4.78 is 31.7. The zero-order valence-electron chi connectivity index (χ0n) is 13.2. The Morgan fingerprint density at radius 1 is 1.08 bits per heavy atom. The quantitative estimate of drug-likeness (QED) is 0.825. The van der Waals surface area contributed by atoms with Crippen molar-refractivity contribution < 1.29 is 23.1 Å². The van der Waals surface area contributed by atoms with Crippen molar-refractivity contribution in [2.75, 3.05) is 24.3 Å². The Labute approximate surface area is 137 Å². The fraction of sp³-hybridized carbons (Fsp3) is 0.176. The van der Waals surface area contributed by atoms with E-state index in [1.165, 1.54) is 13.2 Å². The van der Waals surface area contributed by atoms with E-state index in [4.69, 9.17) is 4.74 Å². The van der Waals surface area contributed by atoms with Crippen LogP contribution in [0.15, 0.2) is 36.4 Å². The fourth-order valence-corrected chi connectivity index (χ4v) is 2.16. The topological polar surface area (TPSA) is 67.4 Å². The predicted molar refractivity (Wildman–Crippen MR) is 86.0 cm³/mol. The van der Waals surface area contributed by atoms with Gasteiger partial charge in [-0.05, 0) is 30.7 Å². The van der Waals surface area contributed by atoms with Crippen molar-refractivity contribution in [3.05, 3.63) is 59.2 Å². The maximum Gasteiger partial charge on any atom is 0.340 e. The highest BCUT2D eigenvalue weighted by Gasteiger charge is 2.16. The van der Waals surface area contributed by atoms with Crippen molar-refractivity contribution in [1.29, 1.82) is 0 Å². The Kier molecular flexibility index (Phi) is 5.47. The number of benzene rings is 2. The van der Waals surface area contributed by atoms with Crippen LogP contribution in [0.1, 0.15) is 15.9 Å². The molecule has 0 bridgehead atoms. The van der Waals surface area contributed by atoms with Gasteiger partial charge in [-0.15, -0.1) is 0 Å². The van der Waals surface area contributed by atoms with E-state index in [0.717, 1.165) is 12.1 Å². The van der Waals surface area contributed by atoms with Gasteiger partial charge in [-0.2, -0.15) is 0 Å². The third-order valence-corrected chi connectivity index (χ3v) is 3.33. The van der Waals surface area contributed by atoms with Crippen molar-refractivity contribution in [2.45, 2.75) is 6.92 Å². The molecule has 126 valence electrons. The first-order valence-electron chi connectivity index (χ1n) is 7.09. The van der Waals surface area contributed by atoms with Crippen LogP contribution in [-0.2, 0) is 9.53 Å². The van der Waals surface area contributed by atoms with Crippen molar-refractivity contribution in [3.63, 3.8) is 0 Å². The van der Waals surface area contributed by atoms with Crippen LogP contribution in [0.2, 0.25) is 0 Å². The lowest BCUT2D eigenvalue weighted by Crippen LogP contribution is -2.24. The van der Waals surface area contributed by atoms with Crippen molar-refractivity contribution in [3.8, 4) is 0 Å². The van der Waals surface area contributed by atoms with Crippen LogP contribution in [0.4, 0.5) is 20.2 Å². The summed E-state index contributed by atoms with van der Waals surface area (Å²) in [4.78, 5) is 23.7. The van der Waals surface area contributed by atoms with Crippen LogP contribution < -0.4 is 10.6 Å². The van der Waals surface area contributed by atoms with Gasteiger partial charge in [0.25, 0.3) is 0 Å². The summed E-state index contributed by atoms with van der Waals surface area (Å²) in [5, 5.41) is 4.93. The number of hydrogen-bond acceptors (Lipinski definition) is 4. The number of nitrogens with one attached hydrogen (secondary N) is 2. The van der Waals surface area contributed by atoms with E-state index in [1.54, 1.807) is 25.1 Å². The number of aryl methyl sites for hydroxylation is 1. The van der Waals surface area contributed by atoms with E-state index in [2.05, 4.69) is 10.6 Å². The highest BCUT2D eigenvalue weighted by Crippen LogP contribution is 2.21. The molecule has 7 heteroatoms. The molecule has 0 heterocycles. The van der Waals surface area contributed by atoms with Crippen LogP contribution in [-0.4, -0.2) is 25.5 Å². The molecule has 0 unspecified atom stereocenters. The third-order valence-electron chi connectivity index (χ3n) is 3.33. The fourth-order valence-electron chi connectivity index (χ4n) is 2.16. The van der Waals surface area contributed by atoms with Crippen LogP contribution in [0.3, 0.4) is 0 Å². The maximum atomic E-state index is 13.5. The second-order valence-electron chi connectivity index (χ2n) is 4.99. The second kappa shape index (κ2) is 7.54. The third kappa shape index (κ3) is 3.87. The molecule has 0 aliphatic heterocycles. The largest absolute Gasteiger partial charge is 0.465 e. The number of carbonyl (C=O) groups is 2. The van der Waals surface area contributed by atoms with Crippen LogP contribution in [0.25, 0.3) is 0 Å². The molecule has 2 rings (SSSR count). The molecule has 5 nitrogen and oxygen atoms in total. The summed E-state index contributed by atoms with van der Waals surface area (Å²) in [6.45, 7) is 1.45. The van der Waals surface area contributed by atoms with E-state index in [0.29, 0.717) is 16.8 Å². The normalized spacial score (nSPS) is 10.2. The number of ether oxygens (including phenoxy) is 1. The maximum absolute atomic E-state index is 13.5. The molecule has 24 heavy (non-hydrogen) atoms. The summed E-state index contributed by atoms with van der Waals surface area (Å²) in [5.74, 6) is -2.93. The van der Waals surface area contributed by atoms with Gasteiger partial charge in [0.05, 0.1) is 19.2 Å². The van der Waals surface area contributed by atoms with Crippen molar-refractivity contribution >= 4 is 23.3 Å². The second-order valence-corrected chi connectivity index (χ2v) is 4.99. The molecule has 2 N–H and O–H groups in total. The average Bonchev–Trinajstić information content (AvgIpc) is 2.56. The van der Waals surface area contributed by atoms with Crippen LogP contribution in [0, 0.1) is 18.6 Å². The Morgan fingerprint density at radius 3 is 2.33 bits per heavy atom. The number of anilines is 2. The van der Waals surface area contributed by atoms with Gasteiger partial charge in [-0.25, -0.2) is 13.6 Å². The molecule has 0 radical (unpaired) electrons. The first-order valence-corrected chi connectivity index (χ1v) is 7.09. The molecule has 0 fully saturated rings. The number of hydrogen-bond donors (Lipinski definition) is 2. The van der Waals surface area contributed by atoms with Gasteiger partial charge in [0.1, 0.15) is 17.3 Å². The van der Waals surface area contributed by atoms with Gasteiger partial charge in [-0.1, -0.05) is 18.2 Å². The number of rotatable bonds is 5. The first-order chi connectivity index (χ1) is 11.4. The Morgan fingerprint density at radius 2 is 1.71 bits per heavy atom. The smallest absolute Gasteiger partial charge is 0.340 e. The van der Waals surface area contributed by atoms with Crippen LogP contribution in [0.5, 0.6) is 0 Å². The minimum atomic E-state index is -0.867. The lowest BCUT2D eigenvalue weighted by Gasteiger charge is -2.13. The number of methoxy groups -OCH3 is 1. The predicted octanol–water partition coefficient (Wildman–Crippen LogP) is 3.11. The zero-order chi connectivity index (χ0) is 17.7. The van der Waals surface area contributed by atoms with E-state index in [1.807, 2.05) is 0 Å². The number of para-hydroxylation sites is 1. The molecule has 0 saturated heterocycles. The lowest BCUT2D eigenvalue weighted by molar-refractivity contribution is -0.114. The molecular weight excluding hydrogens is 318 g/mol. The zero-order valence-corrected chi connectivity index (χ0v) is 13.2. The Bertz CT molecular complexity index is 758. The number of carbonyl (C=O) groups excluding carboxylic acids is 2. The summed E-state index contributed by atoms with van der Waals surface area (Å²) in [7, 11) is 1.26. The van der Waals surface area contributed by atoms with Crippen molar-refractivity contribution in [2.24, 2.45) is 0 Å². The van der Waals surface area contributed by atoms with Gasteiger partial charge >= 0.3 is 5.97 Å². The summed E-state index contributed by atoms with van der Waals surface area (Å²) in [6.07, 6.45) is 0. The highest BCUT2D eigenvalue weighted by molar-refractivity contribution is 5.99. The van der Waals surface area contributed by atoms with Gasteiger partial charge < -0.3 is 15.4 Å². The van der Waals surface area contributed by atoms with Gasteiger partial charge in [0.15, 0.2) is 0 Å². The molecule has 0 aliphatic rings. The molecule has 2 aromatic rings. The van der Waals surface area contributed by atoms with Gasteiger partial charge in [0, 0.05) is 5.69 Å². The van der Waals surface area contributed by atoms with Gasteiger partial charge in [-0.3, -0.25) is 4.79 Å². The molecule has 0 aromatic heterocycles. The lowest BCUT2D eigenvalue weighted by atomic mass is 10.1. The number of esters is 1. The van der Waals surface area contributed by atoms with E-state index < -0.39 is 29.2 Å².